The van der Waals surface area contributed by atoms with E-state index in [-0.39, 0.29) is 6.04 Å². The topological polar surface area (TPSA) is 47.1 Å². The molecule has 1 aromatic heterocycles. The van der Waals surface area contributed by atoms with Gasteiger partial charge in [0.25, 0.3) is 0 Å². The molecule has 1 aliphatic heterocycles. The second-order valence-electron chi connectivity index (χ2n) is 4.86. The van der Waals surface area contributed by atoms with Crippen LogP contribution in [0.25, 0.3) is 0 Å². The molecular formula is C12H22N4. The summed E-state index contributed by atoms with van der Waals surface area (Å²) < 4.78 is 1.97. The number of aryl methyl sites for hydroxylation is 1. The zero-order chi connectivity index (χ0) is 11.7. The summed E-state index contributed by atoms with van der Waals surface area (Å²) in [7, 11) is 0. The minimum atomic E-state index is 0.247. The van der Waals surface area contributed by atoms with Crippen LogP contribution in [-0.2, 0) is 6.54 Å². The smallest absolute Gasteiger partial charge is 0.0538 e. The maximum absolute atomic E-state index is 6.21. The lowest BCUT2D eigenvalue weighted by Gasteiger charge is -2.29. The lowest BCUT2D eigenvalue weighted by molar-refractivity contribution is 0.198. The summed E-state index contributed by atoms with van der Waals surface area (Å²) >= 11 is 0. The van der Waals surface area contributed by atoms with Gasteiger partial charge in [-0.05, 0) is 27.2 Å². The van der Waals surface area contributed by atoms with E-state index in [0.717, 1.165) is 19.5 Å². The van der Waals surface area contributed by atoms with Gasteiger partial charge in [0.1, 0.15) is 0 Å². The molecule has 1 aliphatic rings. The van der Waals surface area contributed by atoms with Crippen LogP contribution in [0.1, 0.15) is 38.8 Å². The third kappa shape index (κ3) is 1.99. The van der Waals surface area contributed by atoms with Crippen molar-refractivity contribution in [1.29, 1.82) is 0 Å². The third-order valence-electron chi connectivity index (χ3n) is 3.47. The Balaban J connectivity index is 2.22. The van der Waals surface area contributed by atoms with E-state index in [1.807, 2.05) is 10.9 Å². The number of nitrogens with two attached hydrogens (primary N) is 1. The van der Waals surface area contributed by atoms with Crippen molar-refractivity contribution in [3.63, 3.8) is 0 Å². The minimum Gasteiger partial charge on any atom is -0.326 e. The number of hydrogen-bond acceptors (Lipinski definition) is 3. The van der Waals surface area contributed by atoms with Crippen molar-refractivity contribution >= 4 is 0 Å². The lowest BCUT2D eigenvalue weighted by Crippen LogP contribution is -2.35. The van der Waals surface area contributed by atoms with Crippen molar-refractivity contribution in [3.8, 4) is 0 Å². The third-order valence-corrected chi connectivity index (χ3v) is 3.47. The molecule has 1 fully saturated rings. The molecule has 0 spiro atoms. The predicted octanol–water partition coefficient (Wildman–Crippen LogP) is 1.39. The molecule has 0 unspecified atom stereocenters. The van der Waals surface area contributed by atoms with E-state index in [1.54, 1.807) is 0 Å². The van der Waals surface area contributed by atoms with Gasteiger partial charge in [0.2, 0.25) is 0 Å². The fourth-order valence-corrected chi connectivity index (χ4v) is 2.56. The van der Waals surface area contributed by atoms with E-state index >= 15 is 0 Å². The zero-order valence-corrected chi connectivity index (χ0v) is 10.4. The largest absolute Gasteiger partial charge is 0.326 e. The van der Waals surface area contributed by atoms with Gasteiger partial charge in [-0.3, -0.25) is 9.58 Å². The summed E-state index contributed by atoms with van der Waals surface area (Å²) in [4.78, 5) is 2.47. The standard InChI is InChI=1S/C12H22N4/c1-4-15-8-10(7-14-15)12-11(13)5-6-16(12)9(2)3/h7-9,11-12H,4-6,13H2,1-3H3/t11-,12+/m1/s1. The first-order chi connectivity index (χ1) is 7.63. The van der Waals surface area contributed by atoms with E-state index < -0.39 is 0 Å². The highest BCUT2D eigenvalue weighted by Crippen LogP contribution is 2.32. The maximum atomic E-state index is 6.21. The number of likely N-dealkylation sites (tertiary alicyclic amines) is 1. The summed E-state index contributed by atoms with van der Waals surface area (Å²) in [5.74, 6) is 0. The molecule has 2 atom stereocenters. The van der Waals surface area contributed by atoms with E-state index in [0.29, 0.717) is 12.1 Å². The Morgan fingerprint density at radius 2 is 2.31 bits per heavy atom. The molecule has 0 aliphatic carbocycles. The van der Waals surface area contributed by atoms with Crippen LogP contribution < -0.4 is 5.73 Å². The van der Waals surface area contributed by atoms with Crippen LogP contribution >= 0.6 is 0 Å². The highest BCUT2D eigenvalue weighted by Gasteiger charge is 2.34. The Labute approximate surface area is 97.4 Å². The molecule has 1 saturated heterocycles. The van der Waals surface area contributed by atoms with E-state index in [9.17, 15) is 0 Å². The Morgan fingerprint density at radius 1 is 1.56 bits per heavy atom. The number of aromatic nitrogens is 2. The second-order valence-corrected chi connectivity index (χ2v) is 4.86. The van der Waals surface area contributed by atoms with Gasteiger partial charge in [-0.15, -0.1) is 0 Å². The number of hydrogen-bond donors (Lipinski definition) is 1. The van der Waals surface area contributed by atoms with Gasteiger partial charge in [-0.2, -0.15) is 5.10 Å². The van der Waals surface area contributed by atoms with Crippen molar-refractivity contribution in [3.05, 3.63) is 18.0 Å². The molecular weight excluding hydrogens is 200 g/mol. The Morgan fingerprint density at radius 3 is 2.88 bits per heavy atom. The second kappa shape index (κ2) is 4.55. The molecule has 2 rings (SSSR count). The Bertz CT molecular complexity index is 345. The molecule has 90 valence electrons. The van der Waals surface area contributed by atoms with Gasteiger partial charge < -0.3 is 5.73 Å². The van der Waals surface area contributed by atoms with Crippen LogP contribution in [0.4, 0.5) is 0 Å². The van der Waals surface area contributed by atoms with E-state index in [2.05, 4.69) is 37.0 Å². The lowest BCUT2D eigenvalue weighted by atomic mass is 10.0. The van der Waals surface area contributed by atoms with Crippen LogP contribution in [0.15, 0.2) is 12.4 Å². The highest BCUT2D eigenvalue weighted by molar-refractivity contribution is 5.16. The average Bonchev–Trinajstić information content (AvgIpc) is 2.83. The van der Waals surface area contributed by atoms with Crippen molar-refractivity contribution in [2.75, 3.05) is 6.54 Å². The molecule has 16 heavy (non-hydrogen) atoms. The van der Waals surface area contributed by atoms with Crippen LogP contribution in [0, 0.1) is 0 Å². The van der Waals surface area contributed by atoms with Crippen LogP contribution in [0.3, 0.4) is 0 Å². The Kier molecular flexibility index (Phi) is 3.30. The van der Waals surface area contributed by atoms with Gasteiger partial charge in [0.15, 0.2) is 0 Å². The first kappa shape index (κ1) is 11.6. The van der Waals surface area contributed by atoms with Crippen molar-refractivity contribution < 1.29 is 0 Å². The number of rotatable bonds is 3. The van der Waals surface area contributed by atoms with Gasteiger partial charge in [0.05, 0.1) is 12.2 Å². The molecule has 4 nitrogen and oxygen atoms in total. The molecule has 2 heterocycles. The monoisotopic (exact) mass is 222 g/mol. The molecule has 0 bridgehead atoms. The SMILES string of the molecule is CCn1cc([C@H]2[C@H](N)CCN2C(C)C)cn1. The zero-order valence-electron chi connectivity index (χ0n) is 10.4. The van der Waals surface area contributed by atoms with Gasteiger partial charge in [-0.1, -0.05) is 0 Å². The average molecular weight is 222 g/mol. The molecule has 1 aromatic rings. The Hall–Kier alpha value is -0.870. The van der Waals surface area contributed by atoms with Crippen LogP contribution in [-0.4, -0.2) is 33.3 Å². The van der Waals surface area contributed by atoms with Gasteiger partial charge in [0, 0.05) is 36.9 Å². The first-order valence-electron chi connectivity index (χ1n) is 6.17. The number of nitrogens with zero attached hydrogens (tertiary/aromatic N) is 3. The maximum Gasteiger partial charge on any atom is 0.0538 e. The van der Waals surface area contributed by atoms with Crippen LogP contribution in [0.5, 0.6) is 0 Å². The predicted molar refractivity (Wildman–Crippen MR) is 65.1 cm³/mol. The molecule has 0 aromatic carbocycles. The van der Waals surface area contributed by atoms with Crippen molar-refractivity contribution in [1.82, 2.24) is 14.7 Å². The summed E-state index contributed by atoms with van der Waals surface area (Å²) in [6.07, 6.45) is 5.18. The van der Waals surface area contributed by atoms with Crippen molar-refractivity contribution in [2.24, 2.45) is 5.73 Å². The molecule has 2 N–H and O–H groups in total. The fourth-order valence-electron chi connectivity index (χ4n) is 2.56. The van der Waals surface area contributed by atoms with Crippen molar-refractivity contribution in [2.45, 2.75) is 51.9 Å². The quantitative estimate of drug-likeness (QED) is 0.840. The van der Waals surface area contributed by atoms with Gasteiger partial charge in [-0.25, -0.2) is 0 Å². The van der Waals surface area contributed by atoms with Crippen LogP contribution in [0.2, 0.25) is 0 Å². The normalized spacial score (nSPS) is 26.8. The van der Waals surface area contributed by atoms with Gasteiger partial charge >= 0.3 is 0 Å². The summed E-state index contributed by atoms with van der Waals surface area (Å²) in [5, 5.41) is 4.34. The molecule has 4 heteroatoms. The molecule has 0 radical (unpaired) electrons. The summed E-state index contributed by atoms with van der Waals surface area (Å²) in [5.41, 5.74) is 7.48. The first-order valence-corrected chi connectivity index (χ1v) is 6.17. The molecule has 0 saturated carbocycles. The minimum absolute atomic E-state index is 0.247. The fraction of sp³-hybridized carbons (Fsp3) is 0.750. The summed E-state index contributed by atoms with van der Waals surface area (Å²) in [6.45, 7) is 8.58. The van der Waals surface area contributed by atoms with E-state index in [4.69, 9.17) is 5.73 Å². The molecule has 0 amide bonds. The summed E-state index contributed by atoms with van der Waals surface area (Å²) in [6, 6.07) is 1.14. The highest BCUT2D eigenvalue weighted by atomic mass is 15.3. The van der Waals surface area contributed by atoms with E-state index in [1.165, 1.54) is 5.56 Å².